The molecule has 0 amide bonds. The zero-order valence-electron chi connectivity index (χ0n) is 8.70. The van der Waals surface area contributed by atoms with Crippen LogP contribution in [-0.2, 0) is 0 Å². The molecule has 1 unspecified atom stereocenters. The first-order valence-corrected chi connectivity index (χ1v) is 4.75. The van der Waals surface area contributed by atoms with Crippen LogP contribution in [0, 0.1) is 5.41 Å². The van der Waals surface area contributed by atoms with Crippen molar-refractivity contribution in [1.82, 2.24) is 5.32 Å². The number of rotatable bonds is 5. The van der Waals surface area contributed by atoms with E-state index in [2.05, 4.69) is 39.9 Å². The quantitative estimate of drug-likeness (QED) is 0.647. The highest BCUT2D eigenvalue weighted by atomic mass is 14.9. The van der Waals surface area contributed by atoms with Gasteiger partial charge in [-0.15, -0.1) is 0 Å². The van der Waals surface area contributed by atoms with Crippen LogP contribution in [0.3, 0.4) is 0 Å². The molecule has 0 fully saturated rings. The fraction of sp³-hybridized carbons (Fsp3) is 1.00. The van der Waals surface area contributed by atoms with Crippen molar-refractivity contribution in [1.29, 1.82) is 0 Å². The largest absolute Gasteiger partial charge is 0.315 e. The minimum Gasteiger partial charge on any atom is -0.315 e. The Balaban J connectivity index is 3.64. The first-order valence-electron chi connectivity index (χ1n) is 4.75. The predicted octanol–water partition coefficient (Wildman–Crippen LogP) is 2.81. The van der Waals surface area contributed by atoms with Gasteiger partial charge in [0.25, 0.3) is 0 Å². The van der Waals surface area contributed by atoms with Crippen LogP contribution in [0.25, 0.3) is 0 Å². The van der Waals surface area contributed by atoms with Crippen molar-refractivity contribution >= 4 is 0 Å². The summed E-state index contributed by atoms with van der Waals surface area (Å²) in [7, 11) is 0. The van der Waals surface area contributed by atoms with Gasteiger partial charge < -0.3 is 5.32 Å². The van der Waals surface area contributed by atoms with Gasteiger partial charge in [-0.3, -0.25) is 0 Å². The Morgan fingerprint density at radius 1 is 1.27 bits per heavy atom. The molecule has 0 aliphatic carbocycles. The van der Waals surface area contributed by atoms with Crippen LogP contribution in [0.1, 0.15) is 47.5 Å². The van der Waals surface area contributed by atoms with E-state index in [-0.39, 0.29) is 0 Å². The van der Waals surface area contributed by atoms with Gasteiger partial charge in [0.2, 0.25) is 0 Å². The summed E-state index contributed by atoms with van der Waals surface area (Å²) >= 11 is 0. The lowest BCUT2D eigenvalue weighted by atomic mass is 9.84. The maximum absolute atomic E-state index is 3.44. The number of hydrogen-bond acceptors (Lipinski definition) is 1. The van der Waals surface area contributed by atoms with Crippen LogP contribution in [-0.4, -0.2) is 12.6 Å². The standard InChI is InChI=1S/C10H23N/c1-6-10(4,5)8-9(3)11-7-2/h9,11H,6-8H2,1-5H3. The normalized spacial score (nSPS) is 15.0. The van der Waals surface area contributed by atoms with E-state index in [1.165, 1.54) is 12.8 Å². The van der Waals surface area contributed by atoms with Crippen molar-refractivity contribution < 1.29 is 0 Å². The molecule has 0 saturated heterocycles. The molecule has 0 saturated carbocycles. The topological polar surface area (TPSA) is 12.0 Å². The van der Waals surface area contributed by atoms with Crippen molar-refractivity contribution in [2.45, 2.75) is 53.5 Å². The lowest BCUT2D eigenvalue weighted by molar-refractivity contribution is 0.281. The predicted molar refractivity (Wildman–Crippen MR) is 51.8 cm³/mol. The summed E-state index contributed by atoms with van der Waals surface area (Å²) in [6, 6.07) is 0.662. The van der Waals surface area contributed by atoms with Gasteiger partial charge in [-0.05, 0) is 25.3 Å². The second-order valence-corrected chi connectivity index (χ2v) is 4.18. The Kier molecular flexibility index (Phi) is 4.74. The van der Waals surface area contributed by atoms with E-state index in [0.29, 0.717) is 11.5 Å². The average molecular weight is 157 g/mol. The minimum atomic E-state index is 0.502. The Labute approximate surface area is 71.6 Å². The molecule has 1 nitrogen and oxygen atoms in total. The lowest BCUT2D eigenvalue weighted by Crippen LogP contribution is -2.30. The van der Waals surface area contributed by atoms with Gasteiger partial charge in [0.05, 0.1) is 0 Å². The molecule has 0 rings (SSSR count). The van der Waals surface area contributed by atoms with Gasteiger partial charge in [0, 0.05) is 6.04 Å². The first kappa shape index (κ1) is 11.0. The molecule has 0 bridgehead atoms. The smallest absolute Gasteiger partial charge is 0.00436 e. The van der Waals surface area contributed by atoms with Gasteiger partial charge in [-0.1, -0.05) is 34.1 Å². The Hall–Kier alpha value is -0.0400. The summed E-state index contributed by atoms with van der Waals surface area (Å²) in [4.78, 5) is 0. The van der Waals surface area contributed by atoms with Gasteiger partial charge in [-0.25, -0.2) is 0 Å². The second-order valence-electron chi connectivity index (χ2n) is 4.18. The van der Waals surface area contributed by atoms with Crippen molar-refractivity contribution in [3.05, 3.63) is 0 Å². The van der Waals surface area contributed by atoms with Crippen molar-refractivity contribution in [3.63, 3.8) is 0 Å². The summed E-state index contributed by atoms with van der Waals surface area (Å²) in [5.41, 5.74) is 0.502. The molecule has 0 spiro atoms. The van der Waals surface area contributed by atoms with Crippen LogP contribution in [0.5, 0.6) is 0 Å². The fourth-order valence-electron chi connectivity index (χ4n) is 1.39. The third-order valence-corrected chi connectivity index (χ3v) is 2.37. The van der Waals surface area contributed by atoms with Gasteiger partial charge in [-0.2, -0.15) is 0 Å². The second kappa shape index (κ2) is 4.76. The molecule has 11 heavy (non-hydrogen) atoms. The lowest BCUT2D eigenvalue weighted by Gasteiger charge is -2.26. The first-order chi connectivity index (χ1) is 5.02. The Morgan fingerprint density at radius 3 is 2.18 bits per heavy atom. The fourth-order valence-corrected chi connectivity index (χ4v) is 1.39. The van der Waals surface area contributed by atoms with E-state index in [9.17, 15) is 0 Å². The number of hydrogen-bond donors (Lipinski definition) is 1. The molecule has 0 aromatic carbocycles. The molecule has 0 aromatic heterocycles. The molecule has 0 radical (unpaired) electrons. The molecule has 0 aromatic rings. The molecule has 1 N–H and O–H groups in total. The molecule has 0 aliphatic heterocycles. The van der Waals surface area contributed by atoms with Crippen LogP contribution in [0.4, 0.5) is 0 Å². The highest BCUT2D eigenvalue weighted by molar-refractivity contribution is 4.72. The van der Waals surface area contributed by atoms with Gasteiger partial charge in [0.15, 0.2) is 0 Å². The van der Waals surface area contributed by atoms with Crippen molar-refractivity contribution in [3.8, 4) is 0 Å². The molecule has 1 heteroatoms. The average Bonchev–Trinajstić information content (AvgIpc) is 1.87. The van der Waals surface area contributed by atoms with E-state index < -0.39 is 0 Å². The van der Waals surface area contributed by atoms with Crippen LogP contribution >= 0.6 is 0 Å². The van der Waals surface area contributed by atoms with E-state index in [0.717, 1.165) is 6.54 Å². The maximum atomic E-state index is 3.44. The van der Waals surface area contributed by atoms with E-state index in [1.54, 1.807) is 0 Å². The summed E-state index contributed by atoms with van der Waals surface area (Å²) in [6.45, 7) is 12.4. The zero-order chi connectivity index (χ0) is 8.91. The molecule has 0 heterocycles. The third kappa shape index (κ3) is 5.25. The van der Waals surface area contributed by atoms with E-state index >= 15 is 0 Å². The summed E-state index contributed by atoms with van der Waals surface area (Å²) < 4.78 is 0. The van der Waals surface area contributed by atoms with Gasteiger partial charge in [0.1, 0.15) is 0 Å². The van der Waals surface area contributed by atoms with Crippen molar-refractivity contribution in [2.75, 3.05) is 6.54 Å². The Morgan fingerprint density at radius 2 is 1.82 bits per heavy atom. The summed E-state index contributed by atoms with van der Waals surface area (Å²) in [5.74, 6) is 0. The zero-order valence-corrected chi connectivity index (χ0v) is 8.70. The van der Waals surface area contributed by atoms with E-state index in [1.807, 2.05) is 0 Å². The monoisotopic (exact) mass is 157 g/mol. The van der Waals surface area contributed by atoms with E-state index in [4.69, 9.17) is 0 Å². The highest BCUT2D eigenvalue weighted by Crippen LogP contribution is 2.25. The molecular formula is C10H23N. The van der Waals surface area contributed by atoms with Crippen molar-refractivity contribution in [2.24, 2.45) is 5.41 Å². The highest BCUT2D eigenvalue weighted by Gasteiger charge is 2.17. The Bertz CT molecular complexity index is 97.0. The summed E-state index contributed by atoms with van der Waals surface area (Å²) in [6.07, 6.45) is 2.54. The van der Waals surface area contributed by atoms with Gasteiger partial charge >= 0.3 is 0 Å². The van der Waals surface area contributed by atoms with Crippen LogP contribution in [0.15, 0.2) is 0 Å². The number of nitrogens with one attached hydrogen (secondary N) is 1. The SMILES string of the molecule is CCNC(C)CC(C)(C)CC. The maximum Gasteiger partial charge on any atom is 0.00436 e. The third-order valence-electron chi connectivity index (χ3n) is 2.37. The summed E-state index contributed by atoms with van der Waals surface area (Å²) in [5, 5.41) is 3.44. The minimum absolute atomic E-state index is 0.502. The molecule has 68 valence electrons. The van der Waals surface area contributed by atoms with Crippen LogP contribution < -0.4 is 5.32 Å². The molecule has 1 atom stereocenters. The molecular weight excluding hydrogens is 134 g/mol. The molecule has 0 aliphatic rings. The van der Waals surface area contributed by atoms with Crippen LogP contribution in [0.2, 0.25) is 0 Å².